The van der Waals surface area contributed by atoms with Gasteiger partial charge in [0.25, 0.3) is 0 Å². The monoisotopic (exact) mass is 554 g/mol. The molecule has 7 nitrogen and oxygen atoms in total. The standard InChI is InChI=1S/C33H31FN2O5/c34-26-10-6-7-23(21-26)15-18-31(37)35-19-20-41-27-16-13-24(14-17-27)22-30(33(39)40)36-29-12-5-4-11-28(29)32(38)25-8-2-1-3-9-25/h1-14,16-17,21,30,36H,15,18-20,22H2,(H,35,37)(H,39,40)/t30-/m0/s1. The van der Waals surface area contributed by atoms with Crippen molar-refractivity contribution in [3.05, 3.63) is 131 Å². The topological polar surface area (TPSA) is 105 Å². The van der Waals surface area contributed by atoms with Crippen molar-refractivity contribution in [3.8, 4) is 5.75 Å². The Labute approximate surface area is 238 Å². The molecule has 8 heteroatoms. The summed E-state index contributed by atoms with van der Waals surface area (Å²) >= 11 is 0. The van der Waals surface area contributed by atoms with Crippen molar-refractivity contribution in [3.63, 3.8) is 0 Å². The van der Waals surface area contributed by atoms with Gasteiger partial charge in [-0.15, -0.1) is 0 Å². The van der Waals surface area contributed by atoms with E-state index in [1.54, 1.807) is 84.9 Å². The molecule has 0 spiro atoms. The van der Waals surface area contributed by atoms with Crippen LogP contribution in [0.4, 0.5) is 10.1 Å². The summed E-state index contributed by atoms with van der Waals surface area (Å²) in [6, 6.07) is 28.0. The van der Waals surface area contributed by atoms with Crippen molar-refractivity contribution in [1.29, 1.82) is 0 Å². The minimum atomic E-state index is -1.04. The van der Waals surface area contributed by atoms with Crippen molar-refractivity contribution >= 4 is 23.3 Å². The minimum absolute atomic E-state index is 0.146. The highest BCUT2D eigenvalue weighted by Gasteiger charge is 2.21. The number of benzene rings is 4. The summed E-state index contributed by atoms with van der Waals surface area (Å²) in [6.45, 7) is 0.576. The molecule has 0 bridgehead atoms. The minimum Gasteiger partial charge on any atom is -0.492 e. The van der Waals surface area contributed by atoms with Crippen LogP contribution in [0.3, 0.4) is 0 Å². The van der Waals surface area contributed by atoms with Gasteiger partial charge in [-0.05, 0) is 53.9 Å². The van der Waals surface area contributed by atoms with Crippen LogP contribution in [0.15, 0.2) is 103 Å². The smallest absolute Gasteiger partial charge is 0.326 e. The highest BCUT2D eigenvalue weighted by atomic mass is 19.1. The lowest BCUT2D eigenvalue weighted by Crippen LogP contribution is -2.32. The Morgan fingerprint density at radius 1 is 0.829 bits per heavy atom. The van der Waals surface area contributed by atoms with E-state index in [0.717, 1.165) is 11.1 Å². The van der Waals surface area contributed by atoms with E-state index in [-0.39, 0.29) is 37.0 Å². The molecule has 1 amide bonds. The first-order valence-electron chi connectivity index (χ1n) is 13.3. The summed E-state index contributed by atoms with van der Waals surface area (Å²) in [6.07, 6.45) is 0.889. The number of ketones is 1. The molecular weight excluding hydrogens is 523 g/mol. The van der Waals surface area contributed by atoms with Gasteiger partial charge in [0.05, 0.1) is 6.54 Å². The van der Waals surface area contributed by atoms with Crippen molar-refractivity contribution < 1.29 is 28.6 Å². The van der Waals surface area contributed by atoms with Crippen molar-refractivity contribution in [2.45, 2.75) is 25.3 Å². The lowest BCUT2D eigenvalue weighted by molar-refractivity contribution is -0.137. The Bertz CT molecular complexity index is 1470. The molecule has 4 aromatic rings. The highest BCUT2D eigenvalue weighted by molar-refractivity contribution is 6.12. The summed E-state index contributed by atoms with van der Waals surface area (Å²) in [7, 11) is 0. The van der Waals surface area contributed by atoms with E-state index in [0.29, 0.717) is 35.5 Å². The van der Waals surface area contributed by atoms with Crippen LogP contribution in [0.1, 0.15) is 33.5 Å². The maximum absolute atomic E-state index is 13.2. The number of aliphatic carboxylic acids is 1. The van der Waals surface area contributed by atoms with Gasteiger partial charge in [-0.2, -0.15) is 0 Å². The third-order valence-electron chi connectivity index (χ3n) is 6.42. The molecule has 0 saturated heterocycles. The van der Waals surface area contributed by atoms with Gasteiger partial charge >= 0.3 is 5.97 Å². The van der Waals surface area contributed by atoms with Gasteiger partial charge in [-0.1, -0.05) is 66.7 Å². The average molecular weight is 555 g/mol. The second kappa shape index (κ2) is 14.4. The summed E-state index contributed by atoms with van der Waals surface area (Å²) < 4.78 is 18.9. The van der Waals surface area contributed by atoms with E-state index in [9.17, 15) is 23.9 Å². The highest BCUT2D eigenvalue weighted by Crippen LogP contribution is 2.22. The molecule has 0 fully saturated rings. The van der Waals surface area contributed by atoms with Gasteiger partial charge in [0, 0.05) is 29.7 Å². The maximum Gasteiger partial charge on any atom is 0.326 e. The van der Waals surface area contributed by atoms with E-state index in [1.165, 1.54) is 12.1 Å². The van der Waals surface area contributed by atoms with Crippen LogP contribution in [0.5, 0.6) is 5.75 Å². The number of hydrogen-bond donors (Lipinski definition) is 3. The van der Waals surface area contributed by atoms with Crippen LogP contribution < -0.4 is 15.4 Å². The van der Waals surface area contributed by atoms with E-state index < -0.39 is 12.0 Å². The van der Waals surface area contributed by atoms with E-state index in [1.807, 2.05) is 6.07 Å². The number of halogens is 1. The molecule has 4 aromatic carbocycles. The first-order valence-corrected chi connectivity index (χ1v) is 13.3. The molecule has 0 radical (unpaired) electrons. The van der Waals surface area contributed by atoms with Crippen LogP contribution in [0.2, 0.25) is 0 Å². The number of hydrogen-bond acceptors (Lipinski definition) is 5. The van der Waals surface area contributed by atoms with Crippen molar-refractivity contribution in [2.24, 2.45) is 0 Å². The first kappa shape index (κ1) is 29.0. The molecule has 3 N–H and O–H groups in total. The molecular formula is C33H31FN2O5. The Morgan fingerprint density at radius 2 is 1.56 bits per heavy atom. The Balaban J connectivity index is 1.26. The number of anilines is 1. The number of amides is 1. The van der Waals surface area contributed by atoms with Crippen molar-refractivity contribution in [1.82, 2.24) is 5.32 Å². The Hall–Kier alpha value is -4.98. The molecule has 1 atom stereocenters. The quantitative estimate of drug-likeness (QED) is 0.145. The number of carboxylic acids is 1. The lowest BCUT2D eigenvalue weighted by Gasteiger charge is -2.18. The van der Waals surface area contributed by atoms with Gasteiger partial charge < -0.3 is 20.5 Å². The fourth-order valence-electron chi connectivity index (χ4n) is 4.30. The van der Waals surface area contributed by atoms with Gasteiger partial charge in [-0.25, -0.2) is 9.18 Å². The van der Waals surface area contributed by atoms with Crippen LogP contribution in [0, 0.1) is 5.82 Å². The lowest BCUT2D eigenvalue weighted by atomic mass is 10.00. The molecule has 0 unspecified atom stereocenters. The first-order chi connectivity index (χ1) is 19.9. The zero-order valence-electron chi connectivity index (χ0n) is 22.4. The molecule has 41 heavy (non-hydrogen) atoms. The van der Waals surface area contributed by atoms with E-state index in [4.69, 9.17) is 4.74 Å². The van der Waals surface area contributed by atoms with Gasteiger partial charge in [-0.3, -0.25) is 9.59 Å². The van der Waals surface area contributed by atoms with E-state index >= 15 is 0 Å². The molecule has 0 saturated carbocycles. The molecule has 0 aromatic heterocycles. The Kier molecular flexibility index (Phi) is 10.2. The fraction of sp³-hybridized carbons (Fsp3) is 0.182. The zero-order valence-corrected chi connectivity index (χ0v) is 22.4. The SMILES string of the molecule is O=C(CCc1cccc(F)c1)NCCOc1ccc(C[C@H](Nc2ccccc2C(=O)c2ccccc2)C(=O)O)cc1. The summed E-state index contributed by atoms with van der Waals surface area (Å²) in [5, 5.41) is 15.7. The van der Waals surface area contributed by atoms with Crippen LogP contribution in [0.25, 0.3) is 0 Å². The third-order valence-corrected chi connectivity index (χ3v) is 6.42. The molecule has 0 heterocycles. The fourth-order valence-corrected chi connectivity index (χ4v) is 4.30. The summed E-state index contributed by atoms with van der Waals surface area (Å²) in [4.78, 5) is 37.1. The predicted molar refractivity (Wildman–Crippen MR) is 155 cm³/mol. The third kappa shape index (κ3) is 8.76. The number of carboxylic acid groups (broad SMARTS) is 1. The second-order valence-electron chi connectivity index (χ2n) is 9.45. The number of para-hydroxylation sites is 1. The van der Waals surface area contributed by atoms with Crippen LogP contribution >= 0.6 is 0 Å². The van der Waals surface area contributed by atoms with E-state index in [2.05, 4.69) is 10.6 Å². The maximum atomic E-state index is 13.2. The van der Waals surface area contributed by atoms with Gasteiger partial charge in [0.15, 0.2) is 5.78 Å². The van der Waals surface area contributed by atoms with Crippen LogP contribution in [-0.2, 0) is 22.4 Å². The number of aryl methyl sites for hydroxylation is 1. The van der Waals surface area contributed by atoms with Gasteiger partial charge in [0.1, 0.15) is 24.2 Å². The average Bonchev–Trinajstić information content (AvgIpc) is 2.99. The van der Waals surface area contributed by atoms with Crippen molar-refractivity contribution in [2.75, 3.05) is 18.5 Å². The molecule has 210 valence electrons. The second-order valence-corrected chi connectivity index (χ2v) is 9.45. The predicted octanol–water partition coefficient (Wildman–Crippen LogP) is 5.29. The zero-order chi connectivity index (χ0) is 29.0. The number of rotatable bonds is 14. The number of carbonyl (C=O) groups is 3. The summed E-state index contributed by atoms with van der Waals surface area (Å²) in [5.41, 5.74) is 2.91. The normalized spacial score (nSPS) is 11.3. The van der Waals surface area contributed by atoms with Gasteiger partial charge in [0.2, 0.25) is 5.91 Å². The number of nitrogens with one attached hydrogen (secondary N) is 2. The molecule has 0 aliphatic heterocycles. The molecule has 4 rings (SSSR count). The summed E-state index contributed by atoms with van der Waals surface area (Å²) in [5.74, 6) is -1.12. The largest absolute Gasteiger partial charge is 0.492 e. The number of ether oxygens (including phenoxy) is 1. The number of carbonyl (C=O) groups excluding carboxylic acids is 2. The molecule has 0 aliphatic carbocycles. The van der Waals surface area contributed by atoms with Crippen LogP contribution in [-0.4, -0.2) is 42.0 Å². The molecule has 0 aliphatic rings. The Morgan fingerprint density at radius 3 is 2.29 bits per heavy atom.